The Bertz CT molecular complexity index is 444. The van der Waals surface area contributed by atoms with Crippen molar-refractivity contribution in [2.75, 3.05) is 0 Å². The number of halogens is 1. The van der Waals surface area contributed by atoms with E-state index in [1.807, 2.05) is 18.2 Å². The largest absolute Gasteiger partial charge is 0.302 e. The lowest BCUT2D eigenvalue weighted by atomic mass is 10.2. The van der Waals surface area contributed by atoms with Crippen molar-refractivity contribution in [1.29, 1.82) is 0 Å². The zero-order valence-corrected chi connectivity index (χ0v) is 10.4. The summed E-state index contributed by atoms with van der Waals surface area (Å²) in [7, 11) is 0. The molecule has 84 valence electrons. The van der Waals surface area contributed by atoms with Crippen LogP contribution >= 0.6 is 22.9 Å². The Labute approximate surface area is 104 Å². The smallest absolute Gasteiger partial charge is 0.113 e. The summed E-state index contributed by atoms with van der Waals surface area (Å²) in [5, 5.41) is 4.35. The lowest BCUT2D eigenvalue weighted by Crippen LogP contribution is -2.18. The van der Waals surface area contributed by atoms with Gasteiger partial charge in [-0.05, 0) is 19.1 Å². The number of aromatic nitrogens is 2. The van der Waals surface area contributed by atoms with Gasteiger partial charge < -0.3 is 5.32 Å². The second-order valence-electron chi connectivity index (χ2n) is 3.42. The monoisotopic (exact) mass is 253 g/mol. The summed E-state index contributed by atoms with van der Waals surface area (Å²) in [4.78, 5) is 8.48. The van der Waals surface area contributed by atoms with Crippen molar-refractivity contribution in [3.63, 3.8) is 0 Å². The fourth-order valence-electron chi connectivity index (χ4n) is 1.35. The van der Waals surface area contributed by atoms with E-state index in [9.17, 15) is 0 Å². The highest BCUT2D eigenvalue weighted by Crippen LogP contribution is 2.18. The lowest BCUT2D eigenvalue weighted by molar-refractivity contribution is 0.560. The maximum atomic E-state index is 5.81. The summed E-state index contributed by atoms with van der Waals surface area (Å²) in [6.45, 7) is 2.80. The molecule has 0 saturated carbocycles. The van der Waals surface area contributed by atoms with E-state index in [2.05, 4.69) is 22.2 Å². The molecule has 1 atom stereocenters. The minimum atomic E-state index is 0.212. The van der Waals surface area contributed by atoms with Gasteiger partial charge in [0, 0.05) is 18.8 Å². The fraction of sp³-hybridized carbons (Fsp3) is 0.273. The average molecular weight is 254 g/mol. The molecular weight excluding hydrogens is 242 g/mol. The van der Waals surface area contributed by atoms with Gasteiger partial charge in [0.15, 0.2) is 0 Å². The molecule has 0 aliphatic carbocycles. The van der Waals surface area contributed by atoms with Crippen LogP contribution in [0.3, 0.4) is 0 Å². The molecule has 0 aliphatic heterocycles. The minimum Gasteiger partial charge on any atom is -0.302 e. The number of pyridine rings is 1. The van der Waals surface area contributed by atoms with Gasteiger partial charge in [-0.3, -0.25) is 4.98 Å². The van der Waals surface area contributed by atoms with Crippen LogP contribution in [0.1, 0.15) is 23.7 Å². The summed E-state index contributed by atoms with van der Waals surface area (Å²) >= 11 is 7.30. The molecule has 5 heteroatoms. The van der Waals surface area contributed by atoms with Crippen molar-refractivity contribution < 1.29 is 0 Å². The summed E-state index contributed by atoms with van der Waals surface area (Å²) < 4.78 is 0.724. The molecule has 0 saturated heterocycles. The van der Waals surface area contributed by atoms with Gasteiger partial charge in [-0.25, -0.2) is 4.98 Å². The predicted molar refractivity (Wildman–Crippen MR) is 66.6 cm³/mol. The second-order valence-corrected chi connectivity index (χ2v) is 5.16. The highest BCUT2D eigenvalue weighted by molar-refractivity contribution is 7.15. The van der Waals surface area contributed by atoms with Gasteiger partial charge in [0.25, 0.3) is 0 Å². The maximum Gasteiger partial charge on any atom is 0.113 e. The van der Waals surface area contributed by atoms with Crippen molar-refractivity contribution >= 4 is 22.9 Å². The van der Waals surface area contributed by atoms with Crippen molar-refractivity contribution in [3.05, 3.63) is 45.6 Å². The molecule has 0 aromatic carbocycles. The molecule has 2 aromatic rings. The lowest BCUT2D eigenvalue weighted by Gasteiger charge is -2.11. The number of hydrogen-bond acceptors (Lipinski definition) is 4. The highest BCUT2D eigenvalue weighted by Gasteiger charge is 2.06. The average Bonchev–Trinajstić information content (AvgIpc) is 2.73. The first-order chi connectivity index (χ1) is 7.75. The Morgan fingerprint density at radius 2 is 2.31 bits per heavy atom. The minimum absolute atomic E-state index is 0.212. The van der Waals surface area contributed by atoms with Gasteiger partial charge in [-0.1, -0.05) is 17.7 Å². The first-order valence-electron chi connectivity index (χ1n) is 5.00. The zero-order chi connectivity index (χ0) is 11.4. The SMILES string of the molecule is C[C@@H](NCc1ncc(Cl)s1)c1ccccn1. The first kappa shape index (κ1) is 11.5. The van der Waals surface area contributed by atoms with Crippen LogP contribution in [0.2, 0.25) is 4.34 Å². The van der Waals surface area contributed by atoms with E-state index in [0.717, 1.165) is 21.6 Å². The Kier molecular flexibility index (Phi) is 3.88. The molecule has 2 rings (SSSR count). The van der Waals surface area contributed by atoms with E-state index in [4.69, 9.17) is 11.6 Å². The van der Waals surface area contributed by atoms with Gasteiger partial charge in [-0.15, -0.1) is 11.3 Å². The standard InChI is InChI=1S/C11H12ClN3S/c1-8(9-4-2-3-5-13-9)14-7-11-15-6-10(12)16-11/h2-6,8,14H,7H2,1H3/t8-/m1/s1. The summed E-state index contributed by atoms with van der Waals surface area (Å²) in [6.07, 6.45) is 3.47. The van der Waals surface area contributed by atoms with Crippen LogP contribution in [-0.4, -0.2) is 9.97 Å². The van der Waals surface area contributed by atoms with Crippen molar-refractivity contribution in [2.45, 2.75) is 19.5 Å². The first-order valence-corrected chi connectivity index (χ1v) is 6.19. The molecular formula is C11H12ClN3S. The van der Waals surface area contributed by atoms with Crippen LogP contribution in [0.4, 0.5) is 0 Å². The van der Waals surface area contributed by atoms with E-state index < -0.39 is 0 Å². The third-order valence-corrected chi connectivity index (χ3v) is 3.33. The van der Waals surface area contributed by atoms with Crippen LogP contribution in [-0.2, 0) is 6.54 Å². The van der Waals surface area contributed by atoms with Crippen LogP contribution in [0, 0.1) is 0 Å². The normalized spacial score (nSPS) is 12.6. The van der Waals surface area contributed by atoms with Crippen LogP contribution in [0.15, 0.2) is 30.6 Å². The molecule has 0 aliphatic rings. The van der Waals surface area contributed by atoms with Crippen LogP contribution in [0.5, 0.6) is 0 Å². The molecule has 0 spiro atoms. The van der Waals surface area contributed by atoms with E-state index in [1.165, 1.54) is 11.3 Å². The molecule has 16 heavy (non-hydrogen) atoms. The Balaban J connectivity index is 1.91. The number of nitrogens with zero attached hydrogens (tertiary/aromatic N) is 2. The third-order valence-electron chi connectivity index (χ3n) is 2.22. The van der Waals surface area contributed by atoms with E-state index in [1.54, 1.807) is 12.4 Å². The van der Waals surface area contributed by atoms with Gasteiger partial charge in [-0.2, -0.15) is 0 Å². The van der Waals surface area contributed by atoms with Gasteiger partial charge in [0.1, 0.15) is 9.34 Å². The quantitative estimate of drug-likeness (QED) is 0.910. The second kappa shape index (κ2) is 5.39. The molecule has 3 nitrogen and oxygen atoms in total. The summed E-state index contributed by atoms with van der Waals surface area (Å²) in [5.74, 6) is 0. The van der Waals surface area contributed by atoms with E-state index in [-0.39, 0.29) is 6.04 Å². The molecule has 0 fully saturated rings. The number of hydrogen-bond donors (Lipinski definition) is 1. The Hall–Kier alpha value is -0.970. The molecule has 0 radical (unpaired) electrons. The van der Waals surface area contributed by atoms with Gasteiger partial charge in [0.2, 0.25) is 0 Å². The summed E-state index contributed by atoms with van der Waals surface area (Å²) in [6, 6.07) is 6.12. The van der Waals surface area contributed by atoms with Gasteiger partial charge in [0.05, 0.1) is 11.9 Å². The zero-order valence-electron chi connectivity index (χ0n) is 8.85. The Morgan fingerprint density at radius 3 is 2.94 bits per heavy atom. The fourth-order valence-corrected chi connectivity index (χ4v) is 2.25. The van der Waals surface area contributed by atoms with Crippen molar-refractivity contribution in [2.24, 2.45) is 0 Å². The summed E-state index contributed by atoms with van der Waals surface area (Å²) in [5.41, 5.74) is 1.03. The predicted octanol–water partition coefficient (Wildman–Crippen LogP) is 3.04. The maximum absolute atomic E-state index is 5.81. The van der Waals surface area contributed by atoms with Crippen LogP contribution in [0.25, 0.3) is 0 Å². The van der Waals surface area contributed by atoms with Crippen molar-refractivity contribution in [1.82, 2.24) is 15.3 Å². The molecule has 1 N–H and O–H groups in total. The highest BCUT2D eigenvalue weighted by atomic mass is 35.5. The molecule has 0 bridgehead atoms. The van der Waals surface area contributed by atoms with Crippen molar-refractivity contribution in [3.8, 4) is 0 Å². The Morgan fingerprint density at radius 1 is 1.44 bits per heavy atom. The van der Waals surface area contributed by atoms with Crippen LogP contribution < -0.4 is 5.32 Å². The van der Waals surface area contributed by atoms with E-state index in [0.29, 0.717) is 0 Å². The number of rotatable bonds is 4. The molecule has 2 heterocycles. The molecule has 0 amide bonds. The van der Waals surface area contributed by atoms with Gasteiger partial charge >= 0.3 is 0 Å². The topological polar surface area (TPSA) is 37.8 Å². The number of nitrogens with one attached hydrogen (secondary N) is 1. The van der Waals surface area contributed by atoms with E-state index >= 15 is 0 Å². The molecule has 2 aromatic heterocycles. The third kappa shape index (κ3) is 3.01. The molecule has 0 unspecified atom stereocenters. The number of thiazole rings is 1.